The van der Waals surface area contributed by atoms with Crippen LogP contribution in [-0.4, -0.2) is 39.1 Å². The highest BCUT2D eigenvalue weighted by molar-refractivity contribution is 5.92. The molecule has 3 rings (SSSR count). The van der Waals surface area contributed by atoms with Crippen molar-refractivity contribution in [2.24, 2.45) is 0 Å². The van der Waals surface area contributed by atoms with E-state index >= 15 is 0 Å². The van der Waals surface area contributed by atoms with Crippen LogP contribution in [0.4, 0.5) is 5.69 Å². The number of H-pyrrole nitrogens is 1. The Bertz CT molecular complexity index is 709. The Hall–Kier alpha value is -2.21. The molecular formula is C17H23N5O. The molecule has 122 valence electrons. The maximum atomic E-state index is 12.3. The Balaban J connectivity index is 1.63. The van der Waals surface area contributed by atoms with Gasteiger partial charge in [-0.3, -0.25) is 14.8 Å². The topological polar surface area (TPSA) is 73.9 Å². The maximum absolute atomic E-state index is 12.3. The number of benzene rings is 1. The predicted molar refractivity (Wildman–Crippen MR) is 89.2 cm³/mol. The second-order valence-corrected chi connectivity index (χ2v) is 6.25. The number of aromatic nitrogens is 3. The summed E-state index contributed by atoms with van der Waals surface area (Å²) in [5.41, 5.74) is 3.25. The summed E-state index contributed by atoms with van der Waals surface area (Å²) in [6.07, 6.45) is 2.06. The molecule has 1 aromatic carbocycles. The summed E-state index contributed by atoms with van der Waals surface area (Å²) in [7, 11) is 0. The van der Waals surface area contributed by atoms with E-state index in [2.05, 4.69) is 32.3 Å². The lowest BCUT2D eigenvalue weighted by molar-refractivity contribution is -0.117. The first-order valence-electron chi connectivity index (χ1n) is 8.03. The van der Waals surface area contributed by atoms with Gasteiger partial charge in [-0.2, -0.15) is 5.10 Å². The van der Waals surface area contributed by atoms with Crippen molar-refractivity contribution in [2.45, 2.75) is 39.7 Å². The molecule has 1 aliphatic rings. The molecular weight excluding hydrogens is 290 g/mol. The second-order valence-electron chi connectivity index (χ2n) is 6.25. The highest BCUT2D eigenvalue weighted by atomic mass is 16.2. The van der Waals surface area contributed by atoms with Crippen molar-refractivity contribution in [3.63, 3.8) is 0 Å². The van der Waals surface area contributed by atoms with Gasteiger partial charge in [0.1, 0.15) is 5.82 Å². The molecule has 0 aliphatic carbocycles. The van der Waals surface area contributed by atoms with Gasteiger partial charge in [0.05, 0.1) is 12.6 Å². The van der Waals surface area contributed by atoms with Gasteiger partial charge in [0.25, 0.3) is 0 Å². The molecule has 2 heterocycles. The zero-order valence-electron chi connectivity index (χ0n) is 13.9. The van der Waals surface area contributed by atoms with Crippen LogP contribution >= 0.6 is 0 Å². The highest BCUT2D eigenvalue weighted by Gasteiger charge is 2.30. The van der Waals surface area contributed by atoms with E-state index in [4.69, 9.17) is 0 Å². The van der Waals surface area contributed by atoms with Crippen molar-refractivity contribution < 1.29 is 4.79 Å². The minimum atomic E-state index is 0.00686. The van der Waals surface area contributed by atoms with Gasteiger partial charge in [-0.05, 0) is 63.4 Å². The Morgan fingerprint density at radius 3 is 2.87 bits per heavy atom. The fourth-order valence-corrected chi connectivity index (χ4v) is 3.02. The third-order valence-corrected chi connectivity index (χ3v) is 4.41. The van der Waals surface area contributed by atoms with Gasteiger partial charge in [-0.1, -0.05) is 6.07 Å². The van der Waals surface area contributed by atoms with Crippen molar-refractivity contribution in [3.05, 3.63) is 41.0 Å². The molecule has 23 heavy (non-hydrogen) atoms. The van der Waals surface area contributed by atoms with E-state index in [1.165, 1.54) is 11.1 Å². The molecule has 1 amide bonds. The van der Waals surface area contributed by atoms with Crippen molar-refractivity contribution >= 4 is 11.6 Å². The van der Waals surface area contributed by atoms with E-state index in [1.54, 1.807) is 0 Å². The fraction of sp³-hybridized carbons (Fsp3) is 0.471. The van der Waals surface area contributed by atoms with Crippen LogP contribution in [0.25, 0.3) is 0 Å². The van der Waals surface area contributed by atoms with Gasteiger partial charge in [0.2, 0.25) is 5.91 Å². The monoisotopic (exact) mass is 313 g/mol. The van der Waals surface area contributed by atoms with E-state index < -0.39 is 0 Å². The van der Waals surface area contributed by atoms with E-state index in [0.29, 0.717) is 6.54 Å². The lowest BCUT2D eigenvalue weighted by Gasteiger charge is -2.21. The van der Waals surface area contributed by atoms with E-state index in [-0.39, 0.29) is 11.9 Å². The van der Waals surface area contributed by atoms with Crippen molar-refractivity contribution in [1.29, 1.82) is 0 Å². The Labute approximate surface area is 136 Å². The quantitative estimate of drug-likeness (QED) is 0.909. The molecule has 1 saturated heterocycles. The third-order valence-electron chi connectivity index (χ3n) is 4.41. The number of carbonyl (C=O) groups excluding carboxylic acids is 1. The smallest absolute Gasteiger partial charge is 0.238 e. The molecule has 1 unspecified atom stereocenters. The van der Waals surface area contributed by atoms with E-state index in [1.807, 2.05) is 32.0 Å². The number of nitrogens with zero attached hydrogens (tertiary/aromatic N) is 3. The number of aromatic amines is 1. The number of anilines is 1. The highest BCUT2D eigenvalue weighted by Crippen LogP contribution is 2.29. The van der Waals surface area contributed by atoms with Crippen LogP contribution in [0, 0.1) is 20.8 Å². The first kappa shape index (κ1) is 15.7. The van der Waals surface area contributed by atoms with Crippen LogP contribution < -0.4 is 5.32 Å². The van der Waals surface area contributed by atoms with E-state index in [0.717, 1.165) is 36.7 Å². The number of rotatable bonds is 4. The molecule has 1 atom stereocenters. The maximum Gasteiger partial charge on any atom is 0.238 e. The largest absolute Gasteiger partial charge is 0.325 e. The number of hydrogen-bond acceptors (Lipinski definition) is 4. The van der Waals surface area contributed by atoms with E-state index in [9.17, 15) is 4.79 Å². The van der Waals surface area contributed by atoms with Gasteiger partial charge < -0.3 is 5.32 Å². The number of likely N-dealkylation sites (tertiary alicyclic amines) is 1. The summed E-state index contributed by atoms with van der Waals surface area (Å²) in [4.78, 5) is 18.9. The summed E-state index contributed by atoms with van der Waals surface area (Å²) >= 11 is 0. The Kier molecular flexibility index (Phi) is 4.43. The van der Waals surface area contributed by atoms with Gasteiger partial charge >= 0.3 is 0 Å². The number of hydrogen-bond donors (Lipinski definition) is 2. The molecule has 0 spiro atoms. The fourth-order valence-electron chi connectivity index (χ4n) is 3.02. The molecule has 1 aromatic heterocycles. The first-order chi connectivity index (χ1) is 11.0. The predicted octanol–water partition coefficient (Wildman–Crippen LogP) is 2.51. The number of carbonyl (C=O) groups is 1. The summed E-state index contributed by atoms with van der Waals surface area (Å²) in [5.74, 6) is 1.61. The Morgan fingerprint density at radius 2 is 2.17 bits per heavy atom. The van der Waals surface area contributed by atoms with Gasteiger partial charge in [0, 0.05) is 5.69 Å². The molecule has 0 saturated carbocycles. The third kappa shape index (κ3) is 3.59. The standard InChI is InChI=1S/C17H23N5O/c1-11-6-7-14(9-12(11)2)19-16(23)10-22-8-4-5-15(22)17-18-13(3)20-21-17/h6-7,9,15H,4-5,8,10H2,1-3H3,(H,19,23)(H,18,20,21). The Morgan fingerprint density at radius 1 is 1.35 bits per heavy atom. The summed E-state index contributed by atoms with van der Waals surface area (Å²) in [5, 5.41) is 10.1. The second kappa shape index (κ2) is 6.50. The zero-order chi connectivity index (χ0) is 16.4. The zero-order valence-corrected chi connectivity index (χ0v) is 13.9. The van der Waals surface area contributed by atoms with Gasteiger partial charge in [-0.15, -0.1) is 0 Å². The minimum absolute atomic E-state index is 0.00686. The minimum Gasteiger partial charge on any atom is -0.325 e. The summed E-state index contributed by atoms with van der Waals surface area (Å²) < 4.78 is 0. The average Bonchev–Trinajstić information content (AvgIpc) is 3.11. The molecule has 0 bridgehead atoms. The normalized spacial score (nSPS) is 18.3. The molecule has 6 nitrogen and oxygen atoms in total. The van der Waals surface area contributed by atoms with Crippen LogP contribution in [0.3, 0.4) is 0 Å². The molecule has 1 aliphatic heterocycles. The van der Waals surface area contributed by atoms with Gasteiger partial charge in [-0.25, -0.2) is 4.98 Å². The van der Waals surface area contributed by atoms with Crippen LogP contribution in [0.2, 0.25) is 0 Å². The SMILES string of the molecule is Cc1nc(C2CCCN2CC(=O)Nc2ccc(C)c(C)c2)n[nH]1. The summed E-state index contributed by atoms with van der Waals surface area (Å²) in [6.45, 7) is 7.27. The van der Waals surface area contributed by atoms with Crippen LogP contribution in [0.15, 0.2) is 18.2 Å². The molecule has 2 aromatic rings. The van der Waals surface area contributed by atoms with Crippen LogP contribution in [0.1, 0.15) is 41.7 Å². The summed E-state index contributed by atoms with van der Waals surface area (Å²) in [6, 6.07) is 6.11. The molecule has 2 N–H and O–H groups in total. The number of nitrogens with one attached hydrogen (secondary N) is 2. The van der Waals surface area contributed by atoms with Crippen LogP contribution in [0.5, 0.6) is 0 Å². The van der Waals surface area contributed by atoms with Gasteiger partial charge in [0.15, 0.2) is 5.82 Å². The lowest BCUT2D eigenvalue weighted by Crippen LogP contribution is -2.33. The van der Waals surface area contributed by atoms with Crippen molar-refractivity contribution in [3.8, 4) is 0 Å². The first-order valence-corrected chi connectivity index (χ1v) is 8.03. The lowest BCUT2D eigenvalue weighted by atomic mass is 10.1. The van der Waals surface area contributed by atoms with Crippen molar-refractivity contribution in [1.82, 2.24) is 20.1 Å². The molecule has 6 heteroatoms. The van der Waals surface area contributed by atoms with Crippen LogP contribution in [-0.2, 0) is 4.79 Å². The van der Waals surface area contributed by atoms with Crippen molar-refractivity contribution in [2.75, 3.05) is 18.4 Å². The number of aryl methyl sites for hydroxylation is 3. The molecule has 0 radical (unpaired) electrons. The molecule has 1 fully saturated rings. The number of amides is 1. The average molecular weight is 313 g/mol.